The molecule has 0 radical (unpaired) electrons. The Morgan fingerprint density at radius 3 is 2.62 bits per heavy atom. The van der Waals surface area contributed by atoms with Crippen LogP contribution in [-0.2, 0) is 4.79 Å². The molecule has 4 nitrogen and oxygen atoms in total. The van der Waals surface area contributed by atoms with E-state index in [4.69, 9.17) is 0 Å². The summed E-state index contributed by atoms with van der Waals surface area (Å²) in [6.07, 6.45) is 5.66. The number of carbonyl (C=O) groups excluding carboxylic acids is 1. The molecule has 0 aliphatic carbocycles. The molecule has 4 heteroatoms. The van der Waals surface area contributed by atoms with Gasteiger partial charge in [-0.15, -0.1) is 0 Å². The normalized spacial score (nSPS) is 22.3. The number of amides is 1. The second-order valence-electron chi connectivity index (χ2n) is 6.21. The summed E-state index contributed by atoms with van der Waals surface area (Å²) >= 11 is 0. The molecule has 114 valence electrons. The number of rotatable bonds is 4. The Kier molecular flexibility index (Phi) is 4.76. The van der Waals surface area contributed by atoms with Crippen LogP contribution in [0, 0.1) is 5.92 Å². The summed E-state index contributed by atoms with van der Waals surface area (Å²) in [5.74, 6) is 0.632. The van der Waals surface area contributed by atoms with E-state index in [0.29, 0.717) is 12.3 Å². The van der Waals surface area contributed by atoms with Crippen LogP contribution in [0.1, 0.15) is 32.1 Å². The molecule has 1 aromatic carbocycles. The van der Waals surface area contributed by atoms with Crippen molar-refractivity contribution in [2.45, 2.75) is 32.1 Å². The first-order valence-corrected chi connectivity index (χ1v) is 8.17. The number of carbonyl (C=O) groups is 1. The van der Waals surface area contributed by atoms with Crippen molar-refractivity contribution in [3.63, 3.8) is 0 Å². The maximum Gasteiger partial charge on any atom is 0.224 e. The molecule has 1 unspecified atom stereocenters. The van der Waals surface area contributed by atoms with Crippen molar-refractivity contribution in [2.24, 2.45) is 5.92 Å². The number of hydrogen-bond acceptors (Lipinski definition) is 3. The van der Waals surface area contributed by atoms with E-state index in [0.717, 1.165) is 38.3 Å². The van der Waals surface area contributed by atoms with Gasteiger partial charge < -0.3 is 15.5 Å². The van der Waals surface area contributed by atoms with Gasteiger partial charge in [0, 0.05) is 30.9 Å². The first-order chi connectivity index (χ1) is 10.3. The maximum atomic E-state index is 12.0. The van der Waals surface area contributed by atoms with Crippen molar-refractivity contribution >= 4 is 17.3 Å². The van der Waals surface area contributed by atoms with Crippen molar-refractivity contribution in [2.75, 3.05) is 36.4 Å². The maximum absolute atomic E-state index is 12.0. The van der Waals surface area contributed by atoms with E-state index >= 15 is 0 Å². The number of piperidine rings is 1. The zero-order valence-electron chi connectivity index (χ0n) is 12.6. The van der Waals surface area contributed by atoms with Crippen LogP contribution in [0.3, 0.4) is 0 Å². The lowest BCUT2D eigenvalue weighted by Gasteiger charge is -2.28. The van der Waals surface area contributed by atoms with E-state index in [1.807, 2.05) is 12.1 Å². The van der Waals surface area contributed by atoms with Crippen LogP contribution < -0.4 is 15.5 Å². The van der Waals surface area contributed by atoms with Crippen LogP contribution in [-0.4, -0.2) is 32.1 Å². The van der Waals surface area contributed by atoms with Gasteiger partial charge in [0.05, 0.1) is 0 Å². The lowest BCUT2D eigenvalue weighted by atomic mass is 10.0. The predicted octanol–water partition coefficient (Wildman–Crippen LogP) is 2.62. The molecule has 1 atom stereocenters. The third-order valence-corrected chi connectivity index (χ3v) is 4.51. The van der Waals surface area contributed by atoms with Gasteiger partial charge in [-0.25, -0.2) is 0 Å². The monoisotopic (exact) mass is 287 g/mol. The fourth-order valence-electron chi connectivity index (χ4n) is 3.27. The van der Waals surface area contributed by atoms with E-state index in [1.54, 1.807) is 0 Å². The van der Waals surface area contributed by atoms with Crippen LogP contribution >= 0.6 is 0 Å². The molecule has 2 aliphatic rings. The number of anilines is 2. The van der Waals surface area contributed by atoms with Gasteiger partial charge >= 0.3 is 0 Å². The minimum Gasteiger partial charge on any atom is -0.372 e. The topological polar surface area (TPSA) is 44.4 Å². The molecule has 2 saturated heterocycles. The van der Waals surface area contributed by atoms with Crippen LogP contribution in [0.4, 0.5) is 11.4 Å². The molecule has 2 fully saturated rings. The van der Waals surface area contributed by atoms with Gasteiger partial charge in [0.15, 0.2) is 0 Å². The van der Waals surface area contributed by atoms with Gasteiger partial charge in [0.25, 0.3) is 0 Å². The molecule has 2 N–H and O–H groups in total. The summed E-state index contributed by atoms with van der Waals surface area (Å²) in [5, 5.41) is 6.31. The SMILES string of the molecule is O=C(CC1CCNC1)Nc1ccc(N2CCCCC2)cc1. The van der Waals surface area contributed by atoms with Gasteiger partial charge in [0.1, 0.15) is 0 Å². The average Bonchev–Trinajstić information content (AvgIpc) is 3.02. The third kappa shape index (κ3) is 3.97. The number of nitrogens with one attached hydrogen (secondary N) is 2. The van der Waals surface area contributed by atoms with Crippen LogP contribution in [0.15, 0.2) is 24.3 Å². The molecule has 0 aromatic heterocycles. The van der Waals surface area contributed by atoms with Crippen molar-refractivity contribution in [1.29, 1.82) is 0 Å². The standard InChI is InChI=1S/C17H25N3O/c21-17(12-14-8-9-18-13-14)19-15-4-6-16(7-5-15)20-10-2-1-3-11-20/h4-7,14,18H,1-3,8-13H2,(H,19,21). The summed E-state index contributed by atoms with van der Waals surface area (Å²) in [6.45, 7) is 4.32. The fraction of sp³-hybridized carbons (Fsp3) is 0.588. The smallest absolute Gasteiger partial charge is 0.224 e. The molecule has 1 amide bonds. The molecule has 0 spiro atoms. The van der Waals surface area contributed by atoms with Crippen LogP contribution in [0.2, 0.25) is 0 Å². The van der Waals surface area contributed by atoms with Crippen LogP contribution in [0.5, 0.6) is 0 Å². The fourth-order valence-corrected chi connectivity index (χ4v) is 3.27. The lowest BCUT2D eigenvalue weighted by molar-refractivity contribution is -0.116. The minimum absolute atomic E-state index is 0.134. The Bertz CT molecular complexity index is 459. The Balaban J connectivity index is 1.52. The quantitative estimate of drug-likeness (QED) is 0.894. The zero-order valence-corrected chi connectivity index (χ0v) is 12.6. The summed E-state index contributed by atoms with van der Waals surface area (Å²) in [4.78, 5) is 14.4. The van der Waals surface area contributed by atoms with E-state index in [-0.39, 0.29) is 5.91 Å². The first-order valence-electron chi connectivity index (χ1n) is 8.17. The van der Waals surface area contributed by atoms with Crippen molar-refractivity contribution < 1.29 is 4.79 Å². The third-order valence-electron chi connectivity index (χ3n) is 4.51. The first kappa shape index (κ1) is 14.4. The Morgan fingerprint density at radius 2 is 1.95 bits per heavy atom. The van der Waals surface area contributed by atoms with Gasteiger partial charge in [0.2, 0.25) is 5.91 Å². The summed E-state index contributed by atoms with van der Waals surface area (Å²) < 4.78 is 0. The molecule has 3 rings (SSSR count). The molecule has 1 aromatic rings. The lowest BCUT2D eigenvalue weighted by Crippen LogP contribution is -2.29. The largest absolute Gasteiger partial charge is 0.372 e. The Morgan fingerprint density at radius 1 is 1.19 bits per heavy atom. The van der Waals surface area contributed by atoms with Crippen molar-refractivity contribution in [1.82, 2.24) is 5.32 Å². The number of nitrogens with zero attached hydrogens (tertiary/aromatic N) is 1. The van der Waals surface area contributed by atoms with Crippen molar-refractivity contribution in [3.05, 3.63) is 24.3 Å². The molecule has 2 aliphatic heterocycles. The molecule has 0 bridgehead atoms. The van der Waals surface area contributed by atoms with Gasteiger partial charge in [-0.3, -0.25) is 4.79 Å². The Hall–Kier alpha value is -1.55. The average molecular weight is 287 g/mol. The predicted molar refractivity (Wildman–Crippen MR) is 86.7 cm³/mol. The zero-order chi connectivity index (χ0) is 14.5. The second-order valence-corrected chi connectivity index (χ2v) is 6.21. The van der Waals surface area contributed by atoms with E-state index in [1.165, 1.54) is 24.9 Å². The van der Waals surface area contributed by atoms with Crippen molar-refractivity contribution in [3.8, 4) is 0 Å². The summed E-state index contributed by atoms with van der Waals surface area (Å²) in [5.41, 5.74) is 2.18. The van der Waals surface area contributed by atoms with Gasteiger partial charge in [-0.1, -0.05) is 0 Å². The molecular formula is C17H25N3O. The highest BCUT2D eigenvalue weighted by atomic mass is 16.1. The van der Waals surface area contributed by atoms with Gasteiger partial charge in [-0.2, -0.15) is 0 Å². The van der Waals surface area contributed by atoms with Crippen LogP contribution in [0.25, 0.3) is 0 Å². The van der Waals surface area contributed by atoms with E-state index in [2.05, 4.69) is 27.7 Å². The highest BCUT2D eigenvalue weighted by Crippen LogP contribution is 2.22. The summed E-state index contributed by atoms with van der Waals surface area (Å²) in [6, 6.07) is 8.29. The Labute approximate surface area is 126 Å². The molecular weight excluding hydrogens is 262 g/mol. The van der Waals surface area contributed by atoms with E-state index < -0.39 is 0 Å². The summed E-state index contributed by atoms with van der Waals surface area (Å²) in [7, 11) is 0. The van der Waals surface area contributed by atoms with E-state index in [9.17, 15) is 4.79 Å². The molecule has 2 heterocycles. The highest BCUT2D eigenvalue weighted by Gasteiger charge is 2.18. The number of hydrogen-bond donors (Lipinski definition) is 2. The number of benzene rings is 1. The van der Waals surface area contributed by atoms with Gasteiger partial charge in [-0.05, 0) is 69.0 Å². The second kappa shape index (κ2) is 6.94. The molecule has 0 saturated carbocycles. The molecule has 21 heavy (non-hydrogen) atoms. The highest BCUT2D eigenvalue weighted by molar-refractivity contribution is 5.91. The minimum atomic E-state index is 0.134.